The van der Waals surface area contributed by atoms with Crippen LogP contribution in [-0.2, 0) is 0 Å². The van der Waals surface area contributed by atoms with Gasteiger partial charge in [0.2, 0.25) is 0 Å². The molecule has 0 saturated carbocycles. The summed E-state index contributed by atoms with van der Waals surface area (Å²) in [5.41, 5.74) is 0.180. The van der Waals surface area contributed by atoms with Gasteiger partial charge in [0.05, 0.1) is 5.56 Å². The van der Waals surface area contributed by atoms with Crippen LogP contribution in [0.4, 0.5) is 14.5 Å². The Labute approximate surface area is 134 Å². The van der Waals surface area contributed by atoms with E-state index in [9.17, 15) is 13.6 Å². The van der Waals surface area contributed by atoms with Gasteiger partial charge in [-0.05, 0) is 36.4 Å². The average molecular weight is 335 g/mol. The number of nitrogens with zero attached hydrogens (tertiary/aromatic N) is 3. The van der Waals surface area contributed by atoms with Crippen molar-refractivity contribution in [2.45, 2.75) is 0 Å². The highest BCUT2D eigenvalue weighted by Gasteiger charge is 2.13. The maximum Gasteiger partial charge on any atom is 0.258 e. The Kier molecular flexibility index (Phi) is 4.03. The van der Waals surface area contributed by atoms with Crippen molar-refractivity contribution in [3.8, 4) is 5.69 Å². The topological polar surface area (TPSA) is 59.8 Å². The molecule has 0 radical (unpaired) electrons. The van der Waals surface area contributed by atoms with Gasteiger partial charge >= 0.3 is 0 Å². The summed E-state index contributed by atoms with van der Waals surface area (Å²) in [6, 6.07) is 7.71. The van der Waals surface area contributed by atoms with Crippen LogP contribution in [0.25, 0.3) is 5.69 Å². The van der Waals surface area contributed by atoms with Gasteiger partial charge in [-0.2, -0.15) is 5.10 Å². The predicted octanol–water partition coefficient (Wildman–Crippen LogP) is 3.45. The quantitative estimate of drug-likeness (QED) is 0.798. The van der Waals surface area contributed by atoms with Crippen molar-refractivity contribution in [2.75, 3.05) is 5.32 Å². The molecule has 116 valence electrons. The van der Waals surface area contributed by atoms with Crippen LogP contribution in [0.2, 0.25) is 5.02 Å². The number of aromatic nitrogens is 3. The molecule has 0 spiro atoms. The summed E-state index contributed by atoms with van der Waals surface area (Å²) in [7, 11) is 0. The fraction of sp³-hybridized carbons (Fsp3) is 0. The molecule has 0 aliphatic heterocycles. The van der Waals surface area contributed by atoms with E-state index in [0.29, 0.717) is 0 Å². The van der Waals surface area contributed by atoms with Gasteiger partial charge in [0.25, 0.3) is 5.91 Å². The zero-order valence-electron chi connectivity index (χ0n) is 11.5. The van der Waals surface area contributed by atoms with E-state index in [0.717, 1.165) is 12.1 Å². The Hall–Kier alpha value is -2.80. The molecule has 23 heavy (non-hydrogen) atoms. The van der Waals surface area contributed by atoms with E-state index < -0.39 is 17.5 Å². The van der Waals surface area contributed by atoms with Crippen molar-refractivity contribution in [3.05, 3.63) is 71.3 Å². The van der Waals surface area contributed by atoms with Crippen molar-refractivity contribution in [2.24, 2.45) is 0 Å². The number of hydrogen-bond acceptors (Lipinski definition) is 3. The monoisotopic (exact) mass is 334 g/mol. The lowest BCUT2D eigenvalue weighted by atomic mass is 10.2. The molecular weight excluding hydrogens is 326 g/mol. The van der Waals surface area contributed by atoms with Gasteiger partial charge in [-0.1, -0.05) is 11.6 Å². The second-order valence-electron chi connectivity index (χ2n) is 4.58. The zero-order valence-corrected chi connectivity index (χ0v) is 12.3. The molecule has 0 unspecified atom stereocenters. The number of anilines is 1. The number of hydrogen-bond donors (Lipinski definition) is 1. The molecule has 1 amide bonds. The number of nitrogens with one attached hydrogen (secondary N) is 1. The first kappa shape index (κ1) is 15.1. The lowest BCUT2D eigenvalue weighted by Crippen LogP contribution is -2.14. The van der Waals surface area contributed by atoms with E-state index >= 15 is 0 Å². The lowest BCUT2D eigenvalue weighted by molar-refractivity contribution is 0.102. The summed E-state index contributed by atoms with van der Waals surface area (Å²) in [4.78, 5) is 15.8. The average Bonchev–Trinajstić information content (AvgIpc) is 3.01. The standard InChI is InChI=1S/C15H9ClF2N4O/c16-9-1-3-11(12(17)5-9)15(23)21-10-2-4-14(13(18)6-10)22-8-19-7-20-22/h1-8H,(H,21,23). The molecule has 2 aromatic carbocycles. The van der Waals surface area contributed by atoms with Crippen molar-refractivity contribution in [1.29, 1.82) is 0 Å². The van der Waals surface area contributed by atoms with Crippen LogP contribution in [-0.4, -0.2) is 20.7 Å². The Bertz CT molecular complexity index is 868. The second kappa shape index (κ2) is 6.13. The Balaban J connectivity index is 1.83. The normalized spacial score (nSPS) is 10.6. The molecule has 0 atom stereocenters. The first-order chi connectivity index (χ1) is 11.0. The third-order valence-electron chi connectivity index (χ3n) is 3.05. The molecule has 5 nitrogen and oxygen atoms in total. The second-order valence-corrected chi connectivity index (χ2v) is 5.02. The Morgan fingerprint density at radius 2 is 1.96 bits per heavy atom. The number of halogens is 3. The summed E-state index contributed by atoms with van der Waals surface area (Å²) in [6.45, 7) is 0. The number of carbonyl (C=O) groups excluding carboxylic acids is 1. The van der Waals surface area contributed by atoms with Gasteiger partial charge in [-0.25, -0.2) is 18.4 Å². The minimum absolute atomic E-state index is 0.179. The van der Waals surface area contributed by atoms with Gasteiger partial charge in [-0.3, -0.25) is 4.79 Å². The molecule has 1 heterocycles. The number of rotatable bonds is 3. The van der Waals surface area contributed by atoms with Crippen LogP contribution in [0.15, 0.2) is 49.1 Å². The molecule has 3 aromatic rings. The van der Waals surface area contributed by atoms with Crippen molar-refractivity contribution in [1.82, 2.24) is 14.8 Å². The highest BCUT2D eigenvalue weighted by molar-refractivity contribution is 6.30. The van der Waals surface area contributed by atoms with E-state index in [2.05, 4.69) is 15.4 Å². The van der Waals surface area contributed by atoms with E-state index in [4.69, 9.17) is 11.6 Å². The molecule has 0 fully saturated rings. The van der Waals surface area contributed by atoms with Gasteiger partial charge in [0, 0.05) is 10.7 Å². The first-order valence-corrected chi connectivity index (χ1v) is 6.83. The third kappa shape index (κ3) is 3.19. The van der Waals surface area contributed by atoms with Crippen molar-refractivity contribution in [3.63, 3.8) is 0 Å². The fourth-order valence-corrected chi connectivity index (χ4v) is 2.13. The van der Waals surface area contributed by atoms with E-state index in [1.54, 1.807) is 0 Å². The number of amides is 1. The van der Waals surface area contributed by atoms with Crippen LogP contribution in [0, 0.1) is 11.6 Å². The van der Waals surface area contributed by atoms with E-state index in [1.807, 2.05) is 0 Å². The highest BCUT2D eigenvalue weighted by Crippen LogP contribution is 2.20. The highest BCUT2D eigenvalue weighted by atomic mass is 35.5. The molecule has 3 rings (SSSR count). The fourth-order valence-electron chi connectivity index (χ4n) is 1.98. The van der Waals surface area contributed by atoms with Crippen LogP contribution < -0.4 is 5.32 Å². The van der Waals surface area contributed by atoms with Crippen LogP contribution >= 0.6 is 11.6 Å². The summed E-state index contributed by atoms with van der Waals surface area (Å²) in [6.07, 6.45) is 2.62. The zero-order chi connectivity index (χ0) is 16.4. The van der Waals surface area contributed by atoms with Crippen LogP contribution in [0.3, 0.4) is 0 Å². The molecule has 0 aliphatic rings. The molecule has 1 aromatic heterocycles. The van der Waals surface area contributed by atoms with Crippen molar-refractivity contribution < 1.29 is 13.6 Å². The Morgan fingerprint density at radius 1 is 1.13 bits per heavy atom. The molecule has 0 bridgehead atoms. The lowest BCUT2D eigenvalue weighted by Gasteiger charge is -2.08. The van der Waals surface area contributed by atoms with Crippen LogP contribution in [0.5, 0.6) is 0 Å². The van der Waals surface area contributed by atoms with Crippen LogP contribution in [0.1, 0.15) is 10.4 Å². The van der Waals surface area contributed by atoms with Gasteiger partial charge < -0.3 is 5.32 Å². The number of benzene rings is 2. The van der Waals surface area contributed by atoms with Gasteiger partial charge in [-0.15, -0.1) is 0 Å². The largest absolute Gasteiger partial charge is 0.322 e. The van der Waals surface area contributed by atoms with Crippen molar-refractivity contribution >= 4 is 23.2 Å². The summed E-state index contributed by atoms with van der Waals surface area (Å²) >= 11 is 5.63. The Morgan fingerprint density at radius 3 is 2.61 bits per heavy atom. The summed E-state index contributed by atoms with van der Waals surface area (Å²) in [5.74, 6) is -2.06. The molecular formula is C15H9ClF2N4O. The molecule has 0 aliphatic carbocycles. The minimum atomic E-state index is -0.755. The SMILES string of the molecule is O=C(Nc1ccc(-n2cncn2)c(F)c1)c1ccc(Cl)cc1F. The maximum absolute atomic E-state index is 14.1. The molecule has 8 heteroatoms. The predicted molar refractivity (Wildman–Crippen MR) is 80.7 cm³/mol. The maximum atomic E-state index is 14.1. The first-order valence-electron chi connectivity index (χ1n) is 6.45. The van der Waals surface area contributed by atoms with E-state index in [1.165, 1.54) is 41.6 Å². The van der Waals surface area contributed by atoms with E-state index in [-0.39, 0.29) is 22.0 Å². The third-order valence-corrected chi connectivity index (χ3v) is 3.28. The van der Waals surface area contributed by atoms with Gasteiger partial charge in [0.1, 0.15) is 24.2 Å². The summed E-state index contributed by atoms with van der Waals surface area (Å²) in [5, 5.41) is 6.43. The minimum Gasteiger partial charge on any atom is -0.322 e. The summed E-state index contributed by atoms with van der Waals surface area (Å²) < 4.78 is 29.0. The molecule has 0 saturated heterocycles. The number of carbonyl (C=O) groups is 1. The van der Waals surface area contributed by atoms with Gasteiger partial charge in [0.15, 0.2) is 5.82 Å². The molecule has 1 N–H and O–H groups in total. The smallest absolute Gasteiger partial charge is 0.258 e.